The molecule has 96 valence electrons. The third kappa shape index (κ3) is 3.89. The summed E-state index contributed by atoms with van der Waals surface area (Å²) in [6, 6.07) is 7.39. The molecule has 1 heterocycles. The molecule has 4 heteroatoms. The summed E-state index contributed by atoms with van der Waals surface area (Å²) in [7, 11) is 0. The molecule has 2 rings (SSSR count). The zero-order chi connectivity index (χ0) is 12.8. The van der Waals surface area contributed by atoms with Gasteiger partial charge in [-0.25, -0.2) is 4.79 Å². The van der Waals surface area contributed by atoms with E-state index in [1.807, 2.05) is 24.3 Å². The van der Waals surface area contributed by atoms with Crippen LogP contribution in [0.25, 0.3) is 6.08 Å². The number of carboxylic acid groups (broad SMARTS) is 1. The first-order valence-corrected chi connectivity index (χ1v) is 5.95. The van der Waals surface area contributed by atoms with E-state index in [-0.39, 0.29) is 0 Å². The predicted octanol–water partition coefficient (Wildman–Crippen LogP) is 2.20. The number of hydrogen-bond acceptors (Lipinski definition) is 3. The Morgan fingerprint density at radius 2 is 2.44 bits per heavy atom. The van der Waals surface area contributed by atoms with Gasteiger partial charge < -0.3 is 14.6 Å². The van der Waals surface area contributed by atoms with Gasteiger partial charge in [0, 0.05) is 18.6 Å². The van der Waals surface area contributed by atoms with Gasteiger partial charge in [0.2, 0.25) is 0 Å². The second-order valence-corrected chi connectivity index (χ2v) is 4.28. The van der Waals surface area contributed by atoms with Crippen LogP contribution in [0.15, 0.2) is 30.3 Å². The van der Waals surface area contributed by atoms with Crippen molar-refractivity contribution in [2.45, 2.75) is 6.42 Å². The number of benzene rings is 1. The van der Waals surface area contributed by atoms with Gasteiger partial charge in [-0.05, 0) is 30.2 Å². The van der Waals surface area contributed by atoms with E-state index in [9.17, 15) is 4.79 Å². The highest BCUT2D eigenvalue weighted by molar-refractivity contribution is 5.85. The van der Waals surface area contributed by atoms with Crippen molar-refractivity contribution < 1.29 is 19.4 Å². The van der Waals surface area contributed by atoms with E-state index < -0.39 is 5.97 Å². The number of carboxylic acids is 1. The lowest BCUT2D eigenvalue weighted by Crippen LogP contribution is -2.11. The molecule has 1 aliphatic heterocycles. The minimum Gasteiger partial charge on any atom is -0.493 e. The zero-order valence-electron chi connectivity index (χ0n) is 10.0. The number of hydrogen-bond donors (Lipinski definition) is 1. The van der Waals surface area contributed by atoms with E-state index in [2.05, 4.69) is 0 Å². The molecule has 1 N–H and O–H groups in total. The molecule has 1 fully saturated rings. The summed E-state index contributed by atoms with van der Waals surface area (Å²) in [5, 5.41) is 8.56. The maximum atomic E-state index is 10.4. The lowest BCUT2D eigenvalue weighted by Gasteiger charge is -2.10. The summed E-state index contributed by atoms with van der Waals surface area (Å²) in [6.07, 6.45) is 3.70. The molecule has 1 aliphatic rings. The van der Waals surface area contributed by atoms with Gasteiger partial charge in [0.15, 0.2) is 0 Å². The third-order valence-corrected chi connectivity index (χ3v) is 2.79. The molecule has 1 atom stereocenters. The fourth-order valence-corrected chi connectivity index (χ4v) is 1.80. The Labute approximate surface area is 106 Å². The average Bonchev–Trinajstić information content (AvgIpc) is 2.87. The lowest BCUT2D eigenvalue weighted by atomic mass is 10.1. The first kappa shape index (κ1) is 12.6. The minimum atomic E-state index is -0.954. The van der Waals surface area contributed by atoms with Crippen LogP contribution in [0.1, 0.15) is 12.0 Å². The number of ether oxygens (including phenoxy) is 2. The minimum absolute atomic E-state index is 0.461. The Kier molecular flexibility index (Phi) is 4.36. The van der Waals surface area contributed by atoms with Crippen LogP contribution in [0.5, 0.6) is 5.75 Å². The molecule has 1 aromatic rings. The van der Waals surface area contributed by atoms with Crippen LogP contribution < -0.4 is 4.74 Å². The molecule has 0 amide bonds. The summed E-state index contributed by atoms with van der Waals surface area (Å²) in [6.45, 7) is 2.22. The highest BCUT2D eigenvalue weighted by Gasteiger charge is 2.15. The SMILES string of the molecule is O=C(O)/C=C/c1cccc(OCC2CCOC2)c1. The van der Waals surface area contributed by atoms with Crippen LogP contribution in [0.3, 0.4) is 0 Å². The van der Waals surface area contributed by atoms with E-state index in [0.29, 0.717) is 12.5 Å². The number of rotatable bonds is 5. The maximum Gasteiger partial charge on any atom is 0.328 e. The highest BCUT2D eigenvalue weighted by atomic mass is 16.5. The van der Waals surface area contributed by atoms with Gasteiger partial charge in [0.05, 0.1) is 13.2 Å². The van der Waals surface area contributed by atoms with Crippen LogP contribution in [0.4, 0.5) is 0 Å². The van der Waals surface area contributed by atoms with Gasteiger partial charge in [0.1, 0.15) is 5.75 Å². The van der Waals surface area contributed by atoms with Gasteiger partial charge in [-0.15, -0.1) is 0 Å². The molecule has 0 saturated carbocycles. The third-order valence-electron chi connectivity index (χ3n) is 2.79. The van der Waals surface area contributed by atoms with E-state index in [0.717, 1.165) is 37.0 Å². The first-order valence-electron chi connectivity index (χ1n) is 5.95. The van der Waals surface area contributed by atoms with E-state index in [4.69, 9.17) is 14.6 Å². The summed E-state index contributed by atoms with van der Waals surface area (Å²) < 4.78 is 11.0. The lowest BCUT2D eigenvalue weighted by molar-refractivity contribution is -0.131. The van der Waals surface area contributed by atoms with Crippen molar-refractivity contribution in [1.82, 2.24) is 0 Å². The molecule has 18 heavy (non-hydrogen) atoms. The van der Waals surface area contributed by atoms with Gasteiger partial charge >= 0.3 is 5.97 Å². The zero-order valence-corrected chi connectivity index (χ0v) is 10.0. The van der Waals surface area contributed by atoms with Gasteiger partial charge in [-0.1, -0.05) is 12.1 Å². The standard InChI is InChI=1S/C14H16O4/c15-14(16)5-4-11-2-1-3-13(8-11)18-10-12-6-7-17-9-12/h1-5,8,12H,6-7,9-10H2,(H,15,16)/b5-4+. The van der Waals surface area contributed by atoms with E-state index in [1.165, 1.54) is 0 Å². The van der Waals surface area contributed by atoms with Crippen LogP contribution in [0.2, 0.25) is 0 Å². The highest BCUT2D eigenvalue weighted by Crippen LogP contribution is 2.18. The van der Waals surface area contributed by atoms with Crippen molar-refractivity contribution in [1.29, 1.82) is 0 Å². The molecule has 1 saturated heterocycles. The van der Waals surface area contributed by atoms with Crippen molar-refractivity contribution in [2.24, 2.45) is 5.92 Å². The molecule has 1 unspecified atom stereocenters. The van der Waals surface area contributed by atoms with Crippen molar-refractivity contribution in [3.8, 4) is 5.75 Å². The average molecular weight is 248 g/mol. The normalized spacial score (nSPS) is 19.2. The molecule has 0 aliphatic carbocycles. The molecule has 0 radical (unpaired) electrons. The summed E-state index contributed by atoms with van der Waals surface area (Å²) >= 11 is 0. The summed E-state index contributed by atoms with van der Waals surface area (Å²) in [5.41, 5.74) is 0.817. The number of aliphatic carboxylic acids is 1. The first-order chi connectivity index (χ1) is 8.74. The molecule has 1 aromatic carbocycles. The van der Waals surface area contributed by atoms with E-state index in [1.54, 1.807) is 6.08 Å². The second-order valence-electron chi connectivity index (χ2n) is 4.28. The topological polar surface area (TPSA) is 55.8 Å². The molecular weight excluding hydrogens is 232 g/mol. The smallest absolute Gasteiger partial charge is 0.328 e. The Hall–Kier alpha value is -1.81. The van der Waals surface area contributed by atoms with Crippen molar-refractivity contribution in [2.75, 3.05) is 19.8 Å². The summed E-state index contributed by atoms with van der Waals surface area (Å²) in [4.78, 5) is 10.4. The molecular formula is C14H16O4. The largest absolute Gasteiger partial charge is 0.493 e. The van der Waals surface area contributed by atoms with Gasteiger partial charge in [0.25, 0.3) is 0 Å². The molecule has 0 bridgehead atoms. The molecule has 0 spiro atoms. The maximum absolute atomic E-state index is 10.4. The predicted molar refractivity (Wildman–Crippen MR) is 67.5 cm³/mol. The molecule has 4 nitrogen and oxygen atoms in total. The fourth-order valence-electron chi connectivity index (χ4n) is 1.80. The number of carbonyl (C=O) groups is 1. The van der Waals surface area contributed by atoms with Crippen molar-refractivity contribution >= 4 is 12.0 Å². The monoisotopic (exact) mass is 248 g/mol. The van der Waals surface area contributed by atoms with Crippen LogP contribution >= 0.6 is 0 Å². The van der Waals surface area contributed by atoms with Crippen molar-refractivity contribution in [3.05, 3.63) is 35.9 Å². The Balaban J connectivity index is 1.91. The second kappa shape index (κ2) is 6.21. The van der Waals surface area contributed by atoms with Crippen molar-refractivity contribution in [3.63, 3.8) is 0 Å². The quantitative estimate of drug-likeness (QED) is 0.812. The Morgan fingerprint density at radius 1 is 1.56 bits per heavy atom. The van der Waals surface area contributed by atoms with Crippen LogP contribution in [0, 0.1) is 5.92 Å². The Morgan fingerprint density at radius 3 is 3.17 bits per heavy atom. The Bertz CT molecular complexity index is 433. The molecule has 0 aromatic heterocycles. The van der Waals surface area contributed by atoms with E-state index >= 15 is 0 Å². The van der Waals surface area contributed by atoms with Crippen LogP contribution in [-0.4, -0.2) is 30.9 Å². The fraction of sp³-hybridized carbons (Fsp3) is 0.357. The summed E-state index contributed by atoms with van der Waals surface area (Å²) in [5.74, 6) is 0.266. The van der Waals surface area contributed by atoms with Crippen LogP contribution in [-0.2, 0) is 9.53 Å². The van der Waals surface area contributed by atoms with Gasteiger partial charge in [-0.3, -0.25) is 0 Å². The van der Waals surface area contributed by atoms with Gasteiger partial charge in [-0.2, -0.15) is 0 Å².